The first-order valence-electron chi connectivity index (χ1n) is 10.1. The molecule has 0 aromatic heterocycles. The van der Waals surface area contributed by atoms with Gasteiger partial charge >= 0.3 is 5.97 Å². The van der Waals surface area contributed by atoms with Gasteiger partial charge in [-0.05, 0) is 6.42 Å². The summed E-state index contributed by atoms with van der Waals surface area (Å²) >= 11 is 0. The highest BCUT2D eigenvalue weighted by Gasteiger charge is 2.31. The van der Waals surface area contributed by atoms with Crippen LogP contribution < -0.4 is 0 Å². The molecular weight excluding hydrogens is 380 g/mol. The van der Waals surface area contributed by atoms with Crippen molar-refractivity contribution in [1.29, 1.82) is 0 Å². The third-order valence-corrected chi connectivity index (χ3v) is 5.24. The number of benzene rings is 1. The zero-order chi connectivity index (χ0) is 20.8. The van der Waals surface area contributed by atoms with Crippen molar-refractivity contribution in [1.82, 2.24) is 9.80 Å². The van der Waals surface area contributed by atoms with Gasteiger partial charge in [0.2, 0.25) is 5.75 Å². The molecule has 0 spiro atoms. The smallest absolute Gasteiger partial charge is 0.339 e. The highest BCUT2D eigenvalue weighted by molar-refractivity contribution is 5.95. The Morgan fingerprint density at radius 3 is 1.72 bits per heavy atom. The van der Waals surface area contributed by atoms with Crippen LogP contribution in [0.25, 0.3) is 0 Å². The SMILES string of the molecule is CCCOC(=O)c1c(CN2CCOCC2)c(O)c(O)c(O)c1CN1CCOCC1. The predicted octanol–water partition coefficient (Wildman–Crippen LogP) is 1.03. The molecule has 1 aromatic rings. The molecule has 0 radical (unpaired) electrons. The monoisotopic (exact) mass is 410 g/mol. The van der Waals surface area contributed by atoms with E-state index >= 15 is 0 Å². The lowest BCUT2D eigenvalue weighted by Crippen LogP contribution is -2.37. The van der Waals surface area contributed by atoms with Crippen molar-refractivity contribution in [3.63, 3.8) is 0 Å². The Morgan fingerprint density at radius 1 is 0.862 bits per heavy atom. The van der Waals surface area contributed by atoms with Crippen molar-refractivity contribution in [2.24, 2.45) is 0 Å². The van der Waals surface area contributed by atoms with Crippen molar-refractivity contribution in [2.45, 2.75) is 26.4 Å². The molecule has 2 aliphatic rings. The van der Waals surface area contributed by atoms with Gasteiger partial charge in [-0.1, -0.05) is 6.92 Å². The summed E-state index contributed by atoms with van der Waals surface area (Å²) in [5.74, 6) is -2.18. The minimum atomic E-state index is -0.608. The van der Waals surface area contributed by atoms with Gasteiger partial charge in [0.1, 0.15) is 0 Å². The average molecular weight is 410 g/mol. The second-order valence-corrected chi connectivity index (χ2v) is 7.29. The number of carbonyl (C=O) groups is 1. The topological polar surface area (TPSA) is 112 Å². The van der Waals surface area contributed by atoms with E-state index in [1.165, 1.54) is 0 Å². The molecule has 2 fully saturated rings. The lowest BCUT2D eigenvalue weighted by molar-refractivity contribution is 0.0316. The number of hydrogen-bond acceptors (Lipinski definition) is 9. The van der Waals surface area contributed by atoms with E-state index in [4.69, 9.17) is 14.2 Å². The van der Waals surface area contributed by atoms with E-state index < -0.39 is 23.2 Å². The van der Waals surface area contributed by atoms with Crippen LogP contribution in [-0.2, 0) is 27.3 Å². The van der Waals surface area contributed by atoms with Gasteiger partial charge in [0.25, 0.3) is 0 Å². The molecule has 2 aliphatic heterocycles. The quantitative estimate of drug-likeness (QED) is 0.448. The molecule has 0 saturated carbocycles. The van der Waals surface area contributed by atoms with Crippen LogP contribution >= 0.6 is 0 Å². The number of rotatable bonds is 7. The predicted molar refractivity (Wildman–Crippen MR) is 104 cm³/mol. The Hall–Kier alpha value is -2.07. The van der Waals surface area contributed by atoms with Crippen molar-refractivity contribution in [2.75, 3.05) is 59.2 Å². The zero-order valence-corrected chi connectivity index (χ0v) is 16.9. The molecule has 0 unspecified atom stereocenters. The fourth-order valence-corrected chi connectivity index (χ4v) is 3.60. The third-order valence-electron chi connectivity index (χ3n) is 5.24. The van der Waals surface area contributed by atoms with Gasteiger partial charge in [-0.25, -0.2) is 4.79 Å². The van der Waals surface area contributed by atoms with Crippen LogP contribution in [-0.4, -0.2) is 90.3 Å². The zero-order valence-electron chi connectivity index (χ0n) is 16.9. The summed E-state index contributed by atoms with van der Waals surface area (Å²) < 4.78 is 16.1. The summed E-state index contributed by atoms with van der Waals surface area (Å²) in [7, 11) is 0. The van der Waals surface area contributed by atoms with Gasteiger partial charge in [-0.3, -0.25) is 9.80 Å². The summed E-state index contributed by atoms with van der Waals surface area (Å²) in [4.78, 5) is 17.0. The van der Waals surface area contributed by atoms with Crippen LogP contribution in [0.3, 0.4) is 0 Å². The Bertz CT molecular complexity index is 666. The summed E-state index contributed by atoms with van der Waals surface area (Å²) in [6.07, 6.45) is 0.652. The molecule has 162 valence electrons. The first-order valence-corrected chi connectivity index (χ1v) is 10.1. The van der Waals surface area contributed by atoms with Gasteiger partial charge in [-0.15, -0.1) is 0 Å². The number of ether oxygens (including phenoxy) is 3. The van der Waals surface area contributed by atoms with E-state index in [1.54, 1.807) is 0 Å². The molecule has 2 heterocycles. The lowest BCUT2D eigenvalue weighted by Gasteiger charge is -2.30. The Labute approximate surface area is 170 Å². The van der Waals surface area contributed by atoms with Crippen LogP contribution in [0.2, 0.25) is 0 Å². The van der Waals surface area contributed by atoms with Crippen molar-refractivity contribution in [3.05, 3.63) is 16.7 Å². The molecule has 1 aromatic carbocycles. The second kappa shape index (κ2) is 10.1. The number of carbonyl (C=O) groups excluding carboxylic acids is 1. The minimum absolute atomic E-state index is 0.129. The molecule has 0 atom stereocenters. The Balaban J connectivity index is 2.01. The molecular formula is C20H30N2O7. The van der Waals surface area contributed by atoms with Crippen LogP contribution in [0.15, 0.2) is 0 Å². The average Bonchev–Trinajstić information content (AvgIpc) is 2.75. The van der Waals surface area contributed by atoms with E-state index in [1.807, 2.05) is 16.7 Å². The van der Waals surface area contributed by atoms with Crippen LogP contribution in [0.5, 0.6) is 17.2 Å². The summed E-state index contributed by atoms with van der Waals surface area (Å²) in [6, 6.07) is 0. The first-order chi connectivity index (χ1) is 14.0. The maximum atomic E-state index is 12.9. The lowest BCUT2D eigenvalue weighted by atomic mass is 9.96. The van der Waals surface area contributed by atoms with Crippen LogP contribution in [0, 0.1) is 0 Å². The number of phenols is 3. The summed E-state index contributed by atoms with van der Waals surface area (Å²) in [5.41, 5.74) is 0.669. The molecule has 9 nitrogen and oxygen atoms in total. The third kappa shape index (κ3) is 5.11. The Kier molecular flexibility index (Phi) is 7.54. The first kappa shape index (κ1) is 21.6. The highest BCUT2D eigenvalue weighted by Crippen LogP contribution is 2.44. The fourth-order valence-electron chi connectivity index (χ4n) is 3.60. The number of nitrogens with zero attached hydrogens (tertiary/aromatic N) is 2. The van der Waals surface area contributed by atoms with Crippen LogP contribution in [0.4, 0.5) is 0 Å². The standard InChI is InChI=1S/C20H30N2O7/c1-2-7-29-20(26)16-14(12-21-3-8-27-9-4-21)17(23)19(25)18(24)15(16)13-22-5-10-28-11-6-22/h23-25H,2-13H2,1H3. The van der Waals surface area contributed by atoms with Crippen molar-refractivity contribution < 1.29 is 34.3 Å². The van der Waals surface area contributed by atoms with Gasteiger partial charge in [0, 0.05) is 50.4 Å². The fraction of sp³-hybridized carbons (Fsp3) is 0.650. The molecule has 3 N–H and O–H groups in total. The molecule has 3 rings (SSSR count). The van der Waals surface area contributed by atoms with E-state index in [9.17, 15) is 20.1 Å². The molecule has 9 heteroatoms. The van der Waals surface area contributed by atoms with Gasteiger partial charge in [-0.2, -0.15) is 0 Å². The number of aromatic hydroxyl groups is 3. The summed E-state index contributed by atoms with van der Waals surface area (Å²) in [6.45, 7) is 7.41. The van der Waals surface area contributed by atoms with E-state index in [0.29, 0.717) is 59.0 Å². The molecule has 2 saturated heterocycles. The van der Waals surface area contributed by atoms with Gasteiger partial charge < -0.3 is 29.5 Å². The van der Waals surface area contributed by atoms with Crippen molar-refractivity contribution >= 4 is 5.97 Å². The maximum Gasteiger partial charge on any atom is 0.339 e. The maximum absolute atomic E-state index is 12.9. The van der Waals surface area contributed by atoms with Crippen molar-refractivity contribution in [3.8, 4) is 17.2 Å². The Morgan fingerprint density at radius 2 is 1.31 bits per heavy atom. The molecule has 0 amide bonds. The number of morpholine rings is 2. The largest absolute Gasteiger partial charge is 0.504 e. The number of hydrogen-bond donors (Lipinski definition) is 3. The van der Waals surface area contributed by atoms with E-state index in [-0.39, 0.29) is 36.4 Å². The molecule has 29 heavy (non-hydrogen) atoms. The second-order valence-electron chi connectivity index (χ2n) is 7.29. The normalized spacial score (nSPS) is 18.7. The van der Waals surface area contributed by atoms with Gasteiger partial charge in [0.15, 0.2) is 11.5 Å². The van der Waals surface area contributed by atoms with E-state index in [2.05, 4.69) is 0 Å². The number of phenolic OH excluding ortho intramolecular Hbond substituents is 3. The molecule has 0 bridgehead atoms. The number of esters is 1. The highest BCUT2D eigenvalue weighted by atomic mass is 16.5. The molecule has 0 aliphatic carbocycles. The minimum Gasteiger partial charge on any atom is -0.504 e. The summed E-state index contributed by atoms with van der Waals surface area (Å²) in [5, 5.41) is 31.5. The van der Waals surface area contributed by atoms with Crippen LogP contribution in [0.1, 0.15) is 34.8 Å². The van der Waals surface area contributed by atoms with E-state index in [0.717, 1.165) is 0 Å². The van der Waals surface area contributed by atoms with Gasteiger partial charge in [0.05, 0.1) is 38.6 Å².